The Morgan fingerprint density at radius 2 is 2.33 bits per heavy atom. The number of rotatable bonds is 2. The molecule has 1 aliphatic heterocycles. The molecule has 10 heteroatoms. The number of halogens is 1. The number of aliphatic hydroxyl groups excluding tert-OH is 2. The van der Waals surface area contributed by atoms with Gasteiger partial charge in [-0.05, 0) is 30.5 Å². The predicted molar refractivity (Wildman–Crippen MR) is 84.9 cm³/mol. The molecule has 0 aromatic carbocycles. The summed E-state index contributed by atoms with van der Waals surface area (Å²) in [5, 5.41) is 33.1. The van der Waals surface area contributed by atoms with E-state index in [0.717, 1.165) is 0 Å². The highest BCUT2D eigenvalue weighted by atomic mass is 35.5. The van der Waals surface area contributed by atoms with E-state index < -0.39 is 35.7 Å². The van der Waals surface area contributed by atoms with Crippen LogP contribution in [0.15, 0.2) is 17.1 Å². The molecule has 0 aliphatic carbocycles. The number of aromatic nitrogens is 3. The van der Waals surface area contributed by atoms with Gasteiger partial charge >= 0.3 is 0 Å². The van der Waals surface area contributed by atoms with Gasteiger partial charge in [0.15, 0.2) is 11.9 Å². The molecule has 1 fully saturated rings. The van der Waals surface area contributed by atoms with E-state index in [1.165, 1.54) is 23.8 Å². The van der Waals surface area contributed by atoms with E-state index in [4.69, 9.17) is 22.1 Å². The van der Waals surface area contributed by atoms with Crippen LogP contribution in [0.4, 0.5) is 5.95 Å². The monoisotopic (exact) mass is 354 g/mol. The van der Waals surface area contributed by atoms with E-state index in [2.05, 4.69) is 15.9 Å². The third kappa shape index (κ3) is 2.36. The van der Waals surface area contributed by atoms with Crippen LogP contribution in [0.25, 0.3) is 11.0 Å². The van der Waals surface area contributed by atoms with Gasteiger partial charge in [-0.3, -0.25) is 9.78 Å². The number of nitrogens with zero attached hydrogens (tertiary/aromatic N) is 2. The van der Waals surface area contributed by atoms with Crippen LogP contribution in [-0.4, -0.2) is 53.8 Å². The summed E-state index contributed by atoms with van der Waals surface area (Å²) < 4.78 is 6.91. The molecule has 2 aromatic heterocycles. The van der Waals surface area contributed by atoms with Gasteiger partial charge in [-0.15, -0.1) is 0 Å². The molecule has 0 saturated carbocycles. The quantitative estimate of drug-likeness (QED) is 0.429. The zero-order valence-corrected chi connectivity index (χ0v) is 13.2. The number of H-pyrrole nitrogens is 1. The van der Waals surface area contributed by atoms with Crippen molar-refractivity contribution in [2.24, 2.45) is 0 Å². The maximum absolute atomic E-state index is 11.9. The fraction of sp³-hybridized carbons (Fsp3) is 0.429. The highest BCUT2D eigenvalue weighted by molar-refractivity contribution is 6.30. The molecule has 6 N–H and O–H groups in total. The maximum Gasteiger partial charge on any atom is 0.261 e. The molecule has 1 aliphatic rings. The van der Waals surface area contributed by atoms with Crippen molar-refractivity contribution in [1.29, 1.82) is 0 Å². The first kappa shape index (κ1) is 16.8. The molecule has 0 bridgehead atoms. The van der Waals surface area contributed by atoms with Gasteiger partial charge in [-0.25, -0.2) is 0 Å². The van der Waals surface area contributed by atoms with Gasteiger partial charge < -0.3 is 30.4 Å². The van der Waals surface area contributed by atoms with Crippen molar-refractivity contribution >= 4 is 28.6 Å². The molecular weight excluding hydrogens is 340 g/mol. The molecular formula is C14H15ClN4O5. The van der Waals surface area contributed by atoms with Crippen molar-refractivity contribution in [2.75, 3.05) is 5.73 Å². The lowest BCUT2D eigenvalue weighted by molar-refractivity contribution is -0.0844. The number of nitrogens with two attached hydrogens (primary N) is 1. The Labute approximate surface area is 140 Å². The number of nitrogens with one attached hydrogen (secondary N) is 1. The molecule has 2 aromatic rings. The third-order valence-corrected chi connectivity index (χ3v) is 4.09. The van der Waals surface area contributed by atoms with Gasteiger partial charge in [-0.2, -0.15) is 4.98 Å². The molecule has 5 atom stereocenters. The summed E-state index contributed by atoms with van der Waals surface area (Å²) in [6.07, 6.45) is -3.56. The Morgan fingerprint density at radius 3 is 2.96 bits per heavy atom. The lowest BCUT2D eigenvalue weighted by Crippen LogP contribution is -2.47. The van der Waals surface area contributed by atoms with Crippen LogP contribution in [0.2, 0.25) is 0 Å². The van der Waals surface area contributed by atoms with Crippen LogP contribution in [0, 0.1) is 11.3 Å². The zero-order chi connectivity index (χ0) is 17.6. The van der Waals surface area contributed by atoms with Crippen molar-refractivity contribution in [2.45, 2.75) is 37.1 Å². The molecule has 0 radical (unpaired) electrons. The van der Waals surface area contributed by atoms with Crippen molar-refractivity contribution in [1.82, 2.24) is 14.5 Å². The lowest BCUT2D eigenvalue weighted by atomic mass is 9.93. The summed E-state index contributed by atoms with van der Waals surface area (Å²) >= 11 is 5.41. The number of fused-ring (bicyclic) bond motifs is 1. The minimum absolute atomic E-state index is 0.120. The third-order valence-electron chi connectivity index (χ3n) is 4.00. The highest BCUT2D eigenvalue weighted by Crippen LogP contribution is 2.40. The molecule has 3 heterocycles. The van der Waals surface area contributed by atoms with Crippen molar-refractivity contribution in [3.8, 4) is 11.3 Å². The summed E-state index contributed by atoms with van der Waals surface area (Å²) in [6.45, 7) is 1.40. The smallest absolute Gasteiger partial charge is 0.261 e. The van der Waals surface area contributed by atoms with E-state index in [1.54, 1.807) is 0 Å². The summed E-state index contributed by atoms with van der Waals surface area (Å²) in [6, 6.07) is 1.46. The Kier molecular flexibility index (Phi) is 4.03. The van der Waals surface area contributed by atoms with Crippen LogP contribution >= 0.6 is 11.6 Å². The molecule has 9 nitrogen and oxygen atoms in total. The fourth-order valence-corrected chi connectivity index (χ4v) is 2.99. The highest BCUT2D eigenvalue weighted by Gasteiger charge is 2.57. The zero-order valence-electron chi connectivity index (χ0n) is 12.5. The summed E-state index contributed by atoms with van der Waals surface area (Å²) in [7, 11) is 0. The van der Waals surface area contributed by atoms with Crippen molar-refractivity contribution in [3.05, 3.63) is 22.6 Å². The predicted octanol–water partition coefficient (Wildman–Crippen LogP) is -1.12. The van der Waals surface area contributed by atoms with E-state index in [0.29, 0.717) is 0 Å². The minimum Gasteiger partial charge on any atom is -0.391 e. The molecule has 1 unspecified atom stereocenters. The number of ether oxygens (including phenoxy) is 1. The van der Waals surface area contributed by atoms with Crippen LogP contribution in [0.3, 0.4) is 0 Å². The minimum atomic E-state index is -2.12. The Morgan fingerprint density at radius 1 is 1.62 bits per heavy atom. The average Bonchev–Trinajstić information content (AvgIpc) is 3.00. The normalized spacial score (nSPS) is 31.0. The summed E-state index contributed by atoms with van der Waals surface area (Å²) in [4.78, 5) is 18.3. The first-order chi connectivity index (χ1) is 11.3. The van der Waals surface area contributed by atoms with Gasteiger partial charge in [0.2, 0.25) is 11.5 Å². The van der Waals surface area contributed by atoms with E-state index in [1.807, 2.05) is 5.38 Å². The topological polar surface area (TPSA) is 147 Å². The number of hydrogen-bond donors (Lipinski definition) is 5. The number of anilines is 1. The second kappa shape index (κ2) is 5.77. The summed E-state index contributed by atoms with van der Waals surface area (Å²) in [5.74, 6) is 2.19. The van der Waals surface area contributed by atoms with Gasteiger partial charge in [0.05, 0.1) is 11.5 Å². The fourth-order valence-electron chi connectivity index (χ4n) is 2.84. The van der Waals surface area contributed by atoms with Crippen LogP contribution in [0.1, 0.15) is 13.2 Å². The first-order valence-corrected chi connectivity index (χ1v) is 7.40. The molecule has 24 heavy (non-hydrogen) atoms. The number of aliphatic hydroxyl groups is 3. The summed E-state index contributed by atoms with van der Waals surface area (Å²) in [5.41, 5.74) is 3.11. The SMILES string of the molecule is C[C@@H](O)[C@H]1O[C@@H](n2ccc3c(=O)[nH]c(N)nc32)C(O)(C#CCl)[C@H]1O. The number of aromatic amines is 1. The standard InChI is InChI=1S/C14H15ClN4O5/c1-6(20)8-9(21)14(23,3-4-15)12(24-8)19-5-2-7-10(19)17-13(16)18-11(7)22/h2,5-6,8-9,12,20-21,23H,1H3,(H3,16,17,18,22)/t6-,8-,9+,12-,14?/m1/s1. The molecule has 1 saturated heterocycles. The van der Waals surface area contributed by atoms with Crippen LogP contribution < -0.4 is 11.3 Å². The van der Waals surface area contributed by atoms with Gasteiger partial charge in [-0.1, -0.05) is 0 Å². The maximum atomic E-state index is 11.9. The van der Waals surface area contributed by atoms with Crippen molar-refractivity contribution < 1.29 is 20.1 Å². The van der Waals surface area contributed by atoms with Gasteiger partial charge in [0, 0.05) is 11.6 Å². The van der Waals surface area contributed by atoms with Crippen LogP contribution in [0.5, 0.6) is 0 Å². The van der Waals surface area contributed by atoms with Gasteiger partial charge in [0.1, 0.15) is 12.2 Å². The first-order valence-electron chi connectivity index (χ1n) is 7.02. The molecule has 3 rings (SSSR count). The molecule has 0 amide bonds. The van der Waals surface area contributed by atoms with E-state index in [-0.39, 0.29) is 17.0 Å². The second-order valence-electron chi connectivity index (χ2n) is 5.59. The van der Waals surface area contributed by atoms with E-state index in [9.17, 15) is 20.1 Å². The Hall–Kier alpha value is -2.09. The molecule has 128 valence electrons. The van der Waals surface area contributed by atoms with E-state index >= 15 is 0 Å². The van der Waals surface area contributed by atoms with Gasteiger partial charge in [0.25, 0.3) is 5.56 Å². The Bertz CT molecular complexity index is 898. The lowest BCUT2D eigenvalue weighted by Gasteiger charge is -2.26. The second-order valence-corrected chi connectivity index (χ2v) is 5.78. The van der Waals surface area contributed by atoms with Crippen molar-refractivity contribution in [3.63, 3.8) is 0 Å². The largest absolute Gasteiger partial charge is 0.391 e. The molecule has 0 spiro atoms. The Balaban J connectivity index is 2.20. The number of nitrogen functional groups attached to an aromatic ring is 1. The van der Waals surface area contributed by atoms with Crippen LogP contribution in [-0.2, 0) is 4.74 Å². The number of hydrogen-bond acceptors (Lipinski definition) is 7. The average molecular weight is 355 g/mol.